The molecule has 15 heavy (non-hydrogen) atoms. The van der Waals surface area contributed by atoms with Gasteiger partial charge in [-0.15, -0.1) is 0 Å². The molecule has 1 aromatic heterocycles. The van der Waals surface area contributed by atoms with Gasteiger partial charge in [0.25, 0.3) is 0 Å². The van der Waals surface area contributed by atoms with Crippen molar-refractivity contribution >= 4 is 8.32 Å². The molecule has 0 N–H and O–H groups in total. The molecule has 0 unspecified atom stereocenters. The summed E-state index contributed by atoms with van der Waals surface area (Å²) in [7, 11) is -1.64. The third kappa shape index (κ3) is 3.87. The molecule has 84 valence electrons. The van der Waals surface area contributed by atoms with Crippen molar-refractivity contribution in [3.8, 4) is 11.9 Å². The van der Waals surface area contributed by atoms with E-state index in [2.05, 4.69) is 29.6 Å². The zero-order valence-electron chi connectivity index (χ0n) is 10.00. The summed E-state index contributed by atoms with van der Waals surface area (Å²) in [5.41, 5.74) is 0.930. The number of aromatic nitrogens is 2. The van der Waals surface area contributed by atoms with Crippen LogP contribution in [0.25, 0.3) is 0 Å². The highest BCUT2D eigenvalue weighted by Crippen LogP contribution is 2.18. The van der Waals surface area contributed by atoms with Gasteiger partial charge in [0.05, 0.1) is 6.61 Å². The molecule has 1 aromatic rings. The number of aryl methyl sites for hydroxylation is 1. The quantitative estimate of drug-likeness (QED) is 0.739. The van der Waals surface area contributed by atoms with Crippen LogP contribution in [-0.4, -0.2) is 24.9 Å². The van der Waals surface area contributed by atoms with Crippen LogP contribution in [0, 0.1) is 6.92 Å². The van der Waals surface area contributed by atoms with Gasteiger partial charge < -0.3 is 9.16 Å². The van der Waals surface area contributed by atoms with Crippen molar-refractivity contribution in [3.63, 3.8) is 0 Å². The second-order valence-electron chi connectivity index (χ2n) is 4.29. The van der Waals surface area contributed by atoms with Crippen molar-refractivity contribution in [2.45, 2.75) is 33.5 Å². The van der Waals surface area contributed by atoms with Crippen molar-refractivity contribution in [3.05, 3.63) is 11.8 Å². The third-order valence-electron chi connectivity index (χ3n) is 1.58. The Bertz CT molecular complexity index is 337. The molecule has 0 aliphatic heterocycles. The van der Waals surface area contributed by atoms with E-state index in [1.54, 1.807) is 6.20 Å². The molecule has 0 aromatic carbocycles. The Balaban J connectivity index is 2.87. The Labute approximate surface area is 91.8 Å². The number of hydrogen-bond acceptors (Lipinski definition) is 4. The van der Waals surface area contributed by atoms with Crippen LogP contribution in [0.15, 0.2) is 6.20 Å². The Kier molecular flexibility index (Phi) is 3.68. The van der Waals surface area contributed by atoms with Crippen LogP contribution in [0.1, 0.15) is 12.5 Å². The van der Waals surface area contributed by atoms with Crippen LogP contribution in [0.3, 0.4) is 0 Å². The van der Waals surface area contributed by atoms with Gasteiger partial charge in [-0.1, -0.05) is 0 Å². The summed E-state index contributed by atoms with van der Waals surface area (Å²) in [6.07, 6.45) is 1.73. The summed E-state index contributed by atoms with van der Waals surface area (Å²) in [5, 5.41) is 0. The summed E-state index contributed by atoms with van der Waals surface area (Å²) in [6.45, 7) is 10.7. The molecule has 5 heteroatoms. The number of hydrogen-bond donors (Lipinski definition) is 0. The van der Waals surface area contributed by atoms with Crippen LogP contribution in [0.2, 0.25) is 19.6 Å². The van der Waals surface area contributed by atoms with Crippen molar-refractivity contribution in [2.24, 2.45) is 0 Å². The third-order valence-corrected chi connectivity index (χ3v) is 2.38. The highest BCUT2D eigenvalue weighted by molar-refractivity contribution is 6.70. The van der Waals surface area contributed by atoms with Crippen molar-refractivity contribution < 1.29 is 9.16 Å². The number of nitrogens with zero attached hydrogens (tertiary/aromatic N) is 2. The molecule has 0 aliphatic rings. The first-order valence-corrected chi connectivity index (χ1v) is 8.48. The van der Waals surface area contributed by atoms with Gasteiger partial charge in [0.1, 0.15) is 0 Å². The summed E-state index contributed by atoms with van der Waals surface area (Å²) >= 11 is 0. The lowest BCUT2D eigenvalue weighted by molar-refractivity contribution is 0.318. The van der Waals surface area contributed by atoms with E-state index in [0.717, 1.165) is 5.56 Å². The molecule has 0 spiro atoms. The normalized spacial score (nSPS) is 11.3. The first-order valence-electron chi connectivity index (χ1n) is 5.08. The second-order valence-corrected chi connectivity index (χ2v) is 8.72. The number of rotatable bonds is 4. The van der Waals surface area contributed by atoms with E-state index in [1.165, 1.54) is 0 Å². The molecular weight excluding hydrogens is 208 g/mol. The minimum Gasteiger partial charge on any atom is -0.518 e. The van der Waals surface area contributed by atoms with E-state index in [-0.39, 0.29) is 0 Å². The van der Waals surface area contributed by atoms with Crippen LogP contribution in [0.5, 0.6) is 11.9 Å². The van der Waals surface area contributed by atoms with Crippen LogP contribution in [0.4, 0.5) is 0 Å². The van der Waals surface area contributed by atoms with E-state index < -0.39 is 8.32 Å². The molecule has 4 nitrogen and oxygen atoms in total. The van der Waals surface area contributed by atoms with Gasteiger partial charge in [0, 0.05) is 11.8 Å². The minimum atomic E-state index is -1.64. The van der Waals surface area contributed by atoms with Crippen LogP contribution < -0.4 is 9.16 Å². The molecule has 0 saturated carbocycles. The average Bonchev–Trinajstić information content (AvgIpc) is 2.09. The van der Waals surface area contributed by atoms with Gasteiger partial charge in [0.2, 0.25) is 14.2 Å². The fraction of sp³-hybridized carbons (Fsp3) is 0.600. The van der Waals surface area contributed by atoms with Crippen molar-refractivity contribution in [2.75, 3.05) is 6.61 Å². The molecule has 0 atom stereocenters. The summed E-state index contributed by atoms with van der Waals surface area (Å²) < 4.78 is 11.1. The molecular formula is C10H18N2O2Si. The molecule has 0 fully saturated rings. The zero-order chi connectivity index (χ0) is 11.5. The summed E-state index contributed by atoms with van der Waals surface area (Å²) in [4.78, 5) is 8.35. The molecule has 0 amide bonds. The first-order chi connectivity index (χ1) is 6.92. The fourth-order valence-corrected chi connectivity index (χ4v) is 1.66. The lowest BCUT2D eigenvalue weighted by Crippen LogP contribution is -2.30. The maximum atomic E-state index is 5.68. The van der Waals surface area contributed by atoms with Crippen molar-refractivity contribution in [1.82, 2.24) is 9.97 Å². The van der Waals surface area contributed by atoms with Gasteiger partial charge in [-0.2, -0.15) is 4.98 Å². The van der Waals surface area contributed by atoms with E-state index in [1.807, 2.05) is 13.8 Å². The lowest BCUT2D eigenvalue weighted by atomic mass is 10.4. The monoisotopic (exact) mass is 226 g/mol. The SMILES string of the molecule is CCOc1nc(O[Si](C)(C)C)ncc1C. The lowest BCUT2D eigenvalue weighted by Gasteiger charge is -2.17. The van der Waals surface area contributed by atoms with E-state index in [4.69, 9.17) is 9.16 Å². The van der Waals surface area contributed by atoms with Gasteiger partial charge in [-0.05, 0) is 33.5 Å². The minimum absolute atomic E-state index is 0.420. The van der Waals surface area contributed by atoms with Crippen LogP contribution >= 0.6 is 0 Å². The Morgan fingerprint density at radius 2 is 2.00 bits per heavy atom. The summed E-state index contributed by atoms with van der Waals surface area (Å²) in [6, 6.07) is 0.420. The second kappa shape index (κ2) is 4.61. The maximum Gasteiger partial charge on any atom is 0.305 e. The fourth-order valence-electron chi connectivity index (χ4n) is 1.02. The molecule has 1 heterocycles. The Morgan fingerprint density at radius 3 is 2.53 bits per heavy atom. The van der Waals surface area contributed by atoms with Gasteiger partial charge >= 0.3 is 6.01 Å². The smallest absolute Gasteiger partial charge is 0.305 e. The first kappa shape index (κ1) is 12.0. The number of ether oxygens (including phenoxy) is 1. The molecule has 0 aliphatic carbocycles. The van der Waals surface area contributed by atoms with Crippen LogP contribution in [-0.2, 0) is 0 Å². The van der Waals surface area contributed by atoms with E-state index in [0.29, 0.717) is 18.5 Å². The predicted octanol–water partition coefficient (Wildman–Crippen LogP) is 2.40. The largest absolute Gasteiger partial charge is 0.518 e. The summed E-state index contributed by atoms with van der Waals surface area (Å²) in [5.74, 6) is 0.612. The van der Waals surface area contributed by atoms with Gasteiger partial charge in [-0.3, -0.25) is 0 Å². The van der Waals surface area contributed by atoms with Gasteiger partial charge in [0.15, 0.2) is 0 Å². The highest BCUT2D eigenvalue weighted by atomic mass is 28.4. The molecule has 0 bridgehead atoms. The maximum absolute atomic E-state index is 5.68. The van der Waals surface area contributed by atoms with Crippen molar-refractivity contribution in [1.29, 1.82) is 0 Å². The van der Waals surface area contributed by atoms with Gasteiger partial charge in [-0.25, -0.2) is 4.98 Å². The molecule has 0 radical (unpaired) electrons. The van der Waals surface area contributed by atoms with E-state index in [9.17, 15) is 0 Å². The highest BCUT2D eigenvalue weighted by Gasteiger charge is 2.18. The topological polar surface area (TPSA) is 44.2 Å². The van der Waals surface area contributed by atoms with E-state index >= 15 is 0 Å². The predicted molar refractivity (Wildman–Crippen MR) is 61.9 cm³/mol. The Morgan fingerprint density at radius 1 is 1.33 bits per heavy atom. The molecule has 0 saturated heterocycles. The standard InChI is InChI=1S/C10H18N2O2Si/c1-6-13-9-8(2)7-11-10(12-9)14-15(3,4)5/h7H,6H2,1-5H3. The average molecular weight is 226 g/mol. The zero-order valence-corrected chi connectivity index (χ0v) is 11.0. The molecule has 1 rings (SSSR count). The Hall–Kier alpha value is -1.10.